The van der Waals surface area contributed by atoms with E-state index in [-0.39, 0.29) is 24.1 Å². The van der Waals surface area contributed by atoms with Crippen LogP contribution >= 0.6 is 0 Å². The predicted molar refractivity (Wildman–Crippen MR) is 142 cm³/mol. The first-order chi connectivity index (χ1) is 18.3. The Morgan fingerprint density at radius 1 is 0.974 bits per heavy atom. The van der Waals surface area contributed by atoms with Gasteiger partial charge >= 0.3 is 0 Å². The van der Waals surface area contributed by atoms with Crippen molar-refractivity contribution < 1.29 is 23.5 Å². The number of methoxy groups -OCH3 is 2. The van der Waals surface area contributed by atoms with Gasteiger partial charge in [-0.3, -0.25) is 9.59 Å². The van der Waals surface area contributed by atoms with E-state index in [4.69, 9.17) is 9.47 Å². The highest BCUT2D eigenvalue weighted by Crippen LogP contribution is 2.32. The Bertz CT molecular complexity index is 1280. The van der Waals surface area contributed by atoms with Gasteiger partial charge in [0.25, 0.3) is 5.91 Å². The van der Waals surface area contributed by atoms with E-state index >= 15 is 0 Å². The second-order valence-electron chi connectivity index (χ2n) is 9.22. The number of carbonyl (C=O) groups excluding carboxylic acids is 2. The predicted octanol–water partition coefficient (Wildman–Crippen LogP) is 3.50. The monoisotopic (exact) mass is 521 g/mol. The second-order valence-corrected chi connectivity index (χ2v) is 9.22. The first-order valence-corrected chi connectivity index (χ1v) is 12.5. The van der Waals surface area contributed by atoms with Gasteiger partial charge in [-0.05, 0) is 50.2 Å². The highest BCUT2D eigenvalue weighted by atomic mass is 19.1. The SMILES string of the molecule is COc1ccc(-c2ccc(N3CCN(C(=O)CN(C(=O)c4ccccc4F)C(C)C)CC3)nn2)c(OC)c1. The van der Waals surface area contributed by atoms with E-state index in [0.717, 1.165) is 5.56 Å². The summed E-state index contributed by atoms with van der Waals surface area (Å²) in [4.78, 5) is 31.2. The number of amides is 2. The maximum atomic E-state index is 14.2. The van der Waals surface area contributed by atoms with Gasteiger partial charge in [-0.1, -0.05) is 12.1 Å². The van der Waals surface area contributed by atoms with E-state index in [0.29, 0.717) is 49.2 Å². The second kappa shape index (κ2) is 11.9. The Kier molecular flexibility index (Phi) is 8.40. The number of nitrogens with zero attached hydrogens (tertiary/aromatic N) is 5. The average molecular weight is 522 g/mol. The van der Waals surface area contributed by atoms with Gasteiger partial charge in [0.05, 0.1) is 25.5 Å². The molecule has 3 aromatic rings. The van der Waals surface area contributed by atoms with Gasteiger partial charge in [0.1, 0.15) is 23.9 Å². The minimum atomic E-state index is -0.596. The van der Waals surface area contributed by atoms with Crippen molar-refractivity contribution in [3.8, 4) is 22.8 Å². The number of piperazine rings is 1. The van der Waals surface area contributed by atoms with Crippen molar-refractivity contribution in [1.82, 2.24) is 20.0 Å². The first kappa shape index (κ1) is 26.8. The Labute approximate surface area is 221 Å². The van der Waals surface area contributed by atoms with E-state index in [1.807, 2.05) is 38.1 Å². The molecule has 200 valence electrons. The van der Waals surface area contributed by atoms with Crippen LogP contribution in [0, 0.1) is 5.82 Å². The van der Waals surface area contributed by atoms with Crippen molar-refractivity contribution in [2.75, 3.05) is 51.8 Å². The van der Waals surface area contributed by atoms with Gasteiger partial charge in [-0.2, -0.15) is 0 Å². The van der Waals surface area contributed by atoms with Crippen molar-refractivity contribution in [3.63, 3.8) is 0 Å². The minimum absolute atomic E-state index is 0.0342. The summed E-state index contributed by atoms with van der Waals surface area (Å²) in [6.45, 7) is 5.64. The first-order valence-electron chi connectivity index (χ1n) is 12.5. The molecule has 2 aromatic carbocycles. The molecule has 0 saturated carbocycles. The number of rotatable bonds is 8. The summed E-state index contributed by atoms with van der Waals surface area (Å²) in [5.74, 6) is 0.789. The fourth-order valence-corrected chi connectivity index (χ4v) is 4.36. The van der Waals surface area contributed by atoms with Crippen LogP contribution in [0.2, 0.25) is 0 Å². The Balaban J connectivity index is 1.37. The molecule has 0 bridgehead atoms. The third-order valence-corrected chi connectivity index (χ3v) is 6.59. The lowest BCUT2D eigenvalue weighted by Crippen LogP contribution is -2.53. The summed E-state index contributed by atoms with van der Waals surface area (Å²) in [5, 5.41) is 8.79. The van der Waals surface area contributed by atoms with Gasteiger partial charge in [0.15, 0.2) is 5.82 Å². The maximum Gasteiger partial charge on any atom is 0.257 e. The largest absolute Gasteiger partial charge is 0.497 e. The van der Waals surface area contributed by atoms with Crippen LogP contribution in [0.15, 0.2) is 54.6 Å². The molecule has 4 rings (SSSR count). The number of aromatic nitrogens is 2. The Morgan fingerprint density at radius 2 is 1.71 bits per heavy atom. The number of benzene rings is 2. The van der Waals surface area contributed by atoms with E-state index in [9.17, 15) is 14.0 Å². The van der Waals surface area contributed by atoms with Crippen LogP contribution in [0.5, 0.6) is 11.5 Å². The summed E-state index contributed by atoms with van der Waals surface area (Å²) in [5.41, 5.74) is 1.45. The van der Waals surface area contributed by atoms with E-state index < -0.39 is 11.7 Å². The minimum Gasteiger partial charge on any atom is -0.497 e. The van der Waals surface area contributed by atoms with Crippen molar-refractivity contribution in [1.29, 1.82) is 0 Å². The number of halogens is 1. The van der Waals surface area contributed by atoms with Gasteiger partial charge in [0.2, 0.25) is 5.91 Å². The highest BCUT2D eigenvalue weighted by molar-refractivity contribution is 5.97. The average Bonchev–Trinajstić information content (AvgIpc) is 2.95. The molecule has 10 heteroatoms. The van der Waals surface area contributed by atoms with Gasteiger partial charge in [0, 0.05) is 43.9 Å². The molecule has 0 unspecified atom stereocenters. The number of hydrogen-bond acceptors (Lipinski definition) is 7. The summed E-state index contributed by atoms with van der Waals surface area (Å²) < 4.78 is 24.9. The van der Waals surface area contributed by atoms with Crippen LogP contribution in [-0.2, 0) is 4.79 Å². The Morgan fingerprint density at radius 3 is 2.32 bits per heavy atom. The van der Waals surface area contributed by atoms with Crippen molar-refractivity contribution in [2.45, 2.75) is 19.9 Å². The van der Waals surface area contributed by atoms with Gasteiger partial charge in [-0.25, -0.2) is 4.39 Å². The molecule has 0 aliphatic carbocycles. The molecule has 9 nitrogen and oxygen atoms in total. The molecule has 1 saturated heterocycles. The normalized spacial score (nSPS) is 13.4. The molecular weight excluding hydrogens is 489 g/mol. The van der Waals surface area contributed by atoms with E-state index in [2.05, 4.69) is 15.1 Å². The number of anilines is 1. The van der Waals surface area contributed by atoms with Crippen molar-refractivity contribution >= 4 is 17.6 Å². The zero-order chi connectivity index (χ0) is 27.2. The van der Waals surface area contributed by atoms with Crippen LogP contribution in [0.25, 0.3) is 11.3 Å². The van der Waals surface area contributed by atoms with Crippen molar-refractivity contribution in [2.24, 2.45) is 0 Å². The fourth-order valence-electron chi connectivity index (χ4n) is 4.36. The van der Waals surface area contributed by atoms with E-state index in [1.54, 1.807) is 31.3 Å². The summed E-state index contributed by atoms with van der Waals surface area (Å²) >= 11 is 0. The summed E-state index contributed by atoms with van der Waals surface area (Å²) in [7, 11) is 3.19. The number of ether oxygens (including phenoxy) is 2. The van der Waals surface area contributed by atoms with Crippen LogP contribution in [-0.4, -0.2) is 84.8 Å². The van der Waals surface area contributed by atoms with E-state index in [1.165, 1.54) is 23.1 Å². The third-order valence-electron chi connectivity index (χ3n) is 6.59. The fraction of sp³-hybridized carbons (Fsp3) is 0.357. The van der Waals surface area contributed by atoms with Crippen LogP contribution < -0.4 is 14.4 Å². The lowest BCUT2D eigenvalue weighted by atomic mass is 10.1. The summed E-state index contributed by atoms with van der Waals surface area (Å²) in [6.07, 6.45) is 0. The van der Waals surface area contributed by atoms with Gasteiger partial charge < -0.3 is 24.2 Å². The molecular formula is C28H32FN5O4. The molecule has 2 amide bonds. The Hall–Kier alpha value is -4.21. The topological polar surface area (TPSA) is 88.1 Å². The number of carbonyl (C=O) groups is 2. The van der Waals surface area contributed by atoms with Gasteiger partial charge in [-0.15, -0.1) is 10.2 Å². The van der Waals surface area contributed by atoms with Crippen LogP contribution in [0.1, 0.15) is 24.2 Å². The number of hydrogen-bond donors (Lipinski definition) is 0. The van der Waals surface area contributed by atoms with Crippen LogP contribution in [0.4, 0.5) is 10.2 Å². The highest BCUT2D eigenvalue weighted by Gasteiger charge is 2.28. The molecule has 1 fully saturated rings. The summed E-state index contributed by atoms with van der Waals surface area (Å²) in [6, 6.07) is 14.9. The molecule has 1 aliphatic rings. The van der Waals surface area contributed by atoms with Crippen LogP contribution in [0.3, 0.4) is 0 Å². The third kappa shape index (κ3) is 5.85. The zero-order valence-corrected chi connectivity index (χ0v) is 22.1. The molecule has 0 spiro atoms. The smallest absolute Gasteiger partial charge is 0.257 e. The molecule has 38 heavy (non-hydrogen) atoms. The lowest BCUT2D eigenvalue weighted by molar-refractivity contribution is -0.132. The molecule has 0 atom stereocenters. The molecule has 2 heterocycles. The van der Waals surface area contributed by atoms with Crippen molar-refractivity contribution in [3.05, 3.63) is 66.0 Å². The lowest BCUT2D eigenvalue weighted by Gasteiger charge is -2.36. The zero-order valence-electron chi connectivity index (χ0n) is 22.1. The quantitative estimate of drug-likeness (QED) is 0.448. The molecule has 1 aromatic heterocycles. The maximum absolute atomic E-state index is 14.2. The molecule has 1 aliphatic heterocycles. The molecule has 0 radical (unpaired) electrons. The standard InChI is InChI=1S/C28H32FN5O4/c1-19(2)34(28(36)21-7-5-6-8-23(21)29)18-27(35)33-15-13-32(14-16-33)26-12-11-24(30-31-26)22-10-9-20(37-3)17-25(22)38-4/h5-12,17,19H,13-16,18H2,1-4H3. The molecule has 0 N–H and O–H groups in total.